The summed E-state index contributed by atoms with van der Waals surface area (Å²) in [6, 6.07) is 5.99. The van der Waals surface area contributed by atoms with Crippen LogP contribution in [-0.2, 0) is 10.0 Å². The van der Waals surface area contributed by atoms with Gasteiger partial charge in [-0.05, 0) is 44.8 Å². The minimum atomic E-state index is -3.50. The van der Waals surface area contributed by atoms with Gasteiger partial charge in [-0.3, -0.25) is 4.79 Å². The van der Waals surface area contributed by atoms with Gasteiger partial charge in [0.15, 0.2) is 0 Å². The molecule has 1 rings (SSSR count). The third-order valence-electron chi connectivity index (χ3n) is 3.34. The number of carbonyl (C=O) groups excluding carboxylic acids is 1. The van der Waals surface area contributed by atoms with E-state index >= 15 is 0 Å². The van der Waals surface area contributed by atoms with Crippen LogP contribution in [0.25, 0.3) is 0 Å². The van der Waals surface area contributed by atoms with Crippen LogP contribution in [0, 0.1) is 0 Å². The second-order valence-electron chi connectivity index (χ2n) is 5.69. The van der Waals surface area contributed by atoms with E-state index in [4.69, 9.17) is 0 Å². The van der Waals surface area contributed by atoms with Crippen molar-refractivity contribution in [3.05, 3.63) is 29.8 Å². The predicted molar refractivity (Wildman–Crippen MR) is 92.0 cm³/mol. The van der Waals surface area contributed by atoms with Crippen molar-refractivity contribution in [3.8, 4) is 0 Å². The number of rotatable bonds is 10. The zero-order chi connectivity index (χ0) is 17.3. The molecule has 1 aromatic rings. The summed E-state index contributed by atoms with van der Waals surface area (Å²) in [5, 5.41) is 2.79. The summed E-state index contributed by atoms with van der Waals surface area (Å²) in [5.41, 5.74) is 0.452. The fraction of sp³-hybridized carbons (Fsp3) is 0.562. The Morgan fingerprint density at radius 3 is 2.30 bits per heavy atom. The van der Waals surface area contributed by atoms with Gasteiger partial charge in [0, 0.05) is 25.2 Å². The Hall–Kier alpha value is -1.44. The Morgan fingerprint density at radius 2 is 1.74 bits per heavy atom. The molecule has 0 radical (unpaired) electrons. The maximum atomic E-state index is 12.1. The molecule has 0 bridgehead atoms. The van der Waals surface area contributed by atoms with Crippen molar-refractivity contribution < 1.29 is 13.2 Å². The summed E-state index contributed by atoms with van der Waals surface area (Å²) >= 11 is 0. The van der Waals surface area contributed by atoms with Gasteiger partial charge in [-0.25, -0.2) is 13.1 Å². The molecule has 0 saturated heterocycles. The topological polar surface area (TPSA) is 78.5 Å². The number of benzene rings is 1. The normalized spacial score (nSPS) is 11.7. The first-order chi connectivity index (χ1) is 10.9. The third-order valence-corrected chi connectivity index (χ3v) is 4.82. The molecule has 0 spiro atoms. The number of likely N-dealkylation sites (N-methyl/N-ethyl adjacent to an activating group) is 1. The smallest absolute Gasteiger partial charge is 0.251 e. The van der Waals surface area contributed by atoms with Crippen molar-refractivity contribution in [1.82, 2.24) is 14.9 Å². The molecular weight excluding hydrogens is 314 g/mol. The summed E-state index contributed by atoms with van der Waals surface area (Å²) in [6.07, 6.45) is 2.86. The first-order valence-electron chi connectivity index (χ1n) is 7.89. The molecule has 1 aromatic carbocycles. The number of carbonyl (C=O) groups is 1. The Balaban J connectivity index is 2.59. The van der Waals surface area contributed by atoms with Crippen LogP contribution in [0.1, 0.15) is 36.5 Å². The van der Waals surface area contributed by atoms with Crippen LogP contribution in [-0.4, -0.2) is 53.0 Å². The molecule has 0 aliphatic heterocycles. The molecule has 130 valence electrons. The first-order valence-corrected chi connectivity index (χ1v) is 9.38. The van der Waals surface area contributed by atoms with Gasteiger partial charge in [-0.1, -0.05) is 19.8 Å². The van der Waals surface area contributed by atoms with Crippen LogP contribution < -0.4 is 10.0 Å². The second kappa shape index (κ2) is 9.64. The number of amides is 1. The van der Waals surface area contributed by atoms with Gasteiger partial charge >= 0.3 is 0 Å². The van der Waals surface area contributed by atoms with Gasteiger partial charge < -0.3 is 10.2 Å². The lowest BCUT2D eigenvalue weighted by Crippen LogP contribution is -2.31. The molecule has 0 heterocycles. The maximum absolute atomic E-state index is 12.1. The predicted octanol–water partition coefficient (Wildman–Crippen LogP) is 1.45. The fourth-order valence-electron chi connectivity index (χ4n) is 1.95. The summed E-state index contributed by atoms with van der Waals surface area (Å²) < 4.78 is 26.8. The number of hydrogen-bond donors (Lipinski definition) is 2. The van der Waals surface area contributed by atoms with E-state index in [9.17, 15) is 13.2 Å². The Morgan fingerprint density at radius 1 is 1.09 bits per heavy atom. The van der Waals surface area contributed by atoms with Crippen molar-refractivity contribution in [2.24, 2.45) is 0 Å². The van der Waals surface area contributed by atoms with Gasteiger partial charge in [0.25, 0.3) is 5.91 Å². The van der Waals surface area contributed by atoms with E-state index in [0.717, 1.165) is 25.8 Å². The van der Waals surface area contributed by atoms with Crippen LogP contribution >= 0.6 is 0 Å². The highest BCUT2D eigenvalue weighted by Crippen LogP contribution is 2.10. The van der Waals surface area contributed by atoms with Gasteiger partial charge in [0.05, 0.1) is 4.90 Å². The molecule has 6 nitrogen and oxygen atoms in total. The molecular formula is C16H27N3O3S. The molecule has 1 amide bonds. The monoisotopic (exact) mass is 341 g/mol. The van der Waals surface area contributed by atoms with Crippen LogP contribution in [0.2, 0.25) is 0 Å². The summed E-state index contributed by atoms with van der Waals surface area (Å²) in [5.74, 6) is -0.202. The molecule has 2 N–H and O–H groups in total. The number of unbranched alkanes of at least 4 members (excludes halogenated alkanes) is 2. The molecule has 23 heavy (non-hydrogen) atoms. The molecule has 0 saturated carbocycles. The molecule has 0 aromatic heterocycles. The average Bonchev–Trinajstić information content (AvgIpc) is 2.51. The van der Waals surface area contributed by atoms with Crippen LogP contribution in [0.5, 0.6) is 0 Å². The molecule has 0 aliphatic rings. The highest BCUT2D eigenvalue weighted by molar-refractivity contribution is 7.89. The average molecular weight is 341 g/mol. The third kappa shape index (κ3) is 7.11. The molecule has 7 heteroatoms. The largest absolute Gasteiger partial charge is 0.351 e. The Kier molecular flexibility index (Phi) is 8.22. The highest BCUT2D eigenvalue weighted by atomic mass is 32.2. The van der Waals surface area contributed by atoms with E-state index in [1.807, 2.05) is 19.0 Å². The minimum absolute atomic E-state index is 0.179. The van der Waals surface area contributed by atoms with E-state index < -0.39 is 10.0 Å². The summed E-state index contributed by atoms with van der Waals surface area (Å²) in [7, 11) is 0.360. The Bertz CT molecular complexity index is 583. The van der Waals surface area contributed by atoms with Crippen molar-refractivity contribution in [1.29, 1.82) is 0 Å². The van der Waals surface area contributed by atoms with E-state index in [2.05, 4.69) is 17.0 Å². The zero-order valence-corrected chi connectivity index (χ0v) is 14.9. The van der Waals surface area contributed by atoms with Gasteiger partial charge in [-0.15, -0.1) is 0 Å². The molecule has 0 unspecified atom stereocenters. The van der Waals surface area contributed by atoms with Crippen LogP contribution in [0.15, 0.2) is 29.2 Å². The van der Waals surface area contributed by atoms with E-state index in [1.54, 1.807) is 0 Å². The lowest BCUT2D eigenvalue weighted by Gasteiger charge is -2.11. The fourth-order valence-corrected chi connectivity index (χ4v) is 3.02. The first kappa shape index (κ1) is 19.6. The van der Waals surface area contributed by atoms with Crippen LogP contribution in [0.4, 0.5) is 0 Å². The number of nitrogens with one attached hydrogen (secondary N) is 2. The van der Waals surface area contributed by atoms with E-state index in [-0.39, 0.29) is 10.8 Å². The standard InChI is InChI=1S/C16H27N3O3S/c1-4-5-6-11-18-23(21,22)15-9-7-14(8-10-15)16(20)17-12-13-19(2)3/h7-10,18H,4-6,11-13H2,1-3H3,(H,17,20). The number of nitrogens with zero attached hydrogens (tertiary/aromatic N) is 1. The quantitative estimate of drug-likeness (QED) is 0.631. The van der Waals surface area contributed by atoms with E-state index in [1.165, 1.54) is 24.3 Å². The van der Waals surface area contributed by atoms with Crippen molar-refractivity contribution in [2.75, 3.05) is 33.7 Å². The second-order valence-corrected chi connectivity index (χ2v) is 7.46. The molecule has 0 fully saturated rings. The summed E-state index contributed by atoms with van der Waals surface area (Å²) in [4.78, 5) is 14.1. The van der Waals surface area contributed by atoms with Crippen molar-refractivity contribution >= 4 is 15.9 Å². The molecule has 0 atom stereocenters. The van der Waals surface area contributed by atoms with Gasteiger partial charge in [-0.2, -0.15) is 0 Å². The van der Waals surface area contributed by atoms with Crippen molar-refractivity contribution in [2.45, 2.75) is 31.1 Å². The zero-order valence-electron chi connectivity index (χ0n) is 14.1. The SMILES string of the molecule is CCCCCNS(=O)(=O)c1ccc(C(=O)NCCN(C)C)cc1. The summed E-state index contributed by atoms with van der Waals surface area (Å²) in [6.45, 7) is 3.80. The lowest BCUT2D eigenvalue weighted by molar-refractivity contribution is 0.0951. The minimum Gasteiger partial charge on any atom is -0.351 e. The van der Waals surface area contributed by atoms with Gasteiger partial charge in [0.2, 0.25) is 10.0 Å². The lowest BCUT2D eigenvalue weighted by atomic mass is 10.2. The number of hydrogen-bond acceptors (Lipinski definition) is 4. The van der Waals surface area contributed by atoms with E-state index in [0.29, 0.717) is 18.7 Å². The Labute approximate surface area is 139 Å². The molecule has 0 aliphatic carbocycles. The number of sulfonamides is 1. The van der Waals surface area contributed by atoms with Crippen molar-refractivity contribution in [3.63, 3.8) is 0 Å². The highest BCUT2D eigenvalue weighted by Gasteiger charge is 2.14. The van der Waals surface area contributed by atoms with Gasteiger partial charge in [0.1, 0.15) is 0 Å². The maximum Gasteiger partial charge on any atom is 0.251 e. The van der Waals surface area contributed by atoms with Crippen LogP contribution in [0.3, 0.4) is 0 Å².